The molecule has 0 saturated carbocycles. The van der Waals surface area contributed by atoms with Gasteiger partial charge in [0.25, 0.3) is 5.24 Å². The molecule has 0 spiro atoms. The molecule has 0 unspecified atom stereocenters. The SMILES string of the molecule is CCN(CC)C(=O)SC[C@H]1O[C@@H]2OC(C)(C)O[C@@H]2[C@H]2OC(C)(C)O[C@H]21. The molecule has 0 aliphatic carbocycles. The third-order valence-corrected chi connectivity index (χ3v) is 5.64. The molecule has 7 nitrogen and oxygen atoms in total. The third kappa shape index (κ3) is 3.99. The van der Waals surface area contributed by atoms with Crippen molar-refractivity contribution in [3.8, 4) is 0 Å². The second-order valence-electron chi connectivity index (χ2n) is 7.46. The molecule has 0 bridgehead atoms. The number of thioether (sulfide) groups is 1. The van der Waals surface area contributed by atoms with Gasteiger partial charge in [0, 0.05) is 18.8 Å². The van der Waals surface area contributed by atoms with E-state index in [1.54, 1.807) is 4.90 Å². The van der Waals surface area contributed by atoms with Gasteiger partial charge in [-0.05, 0) is 41.5 Å². The van der Waals surface area contributed by atoms with Crippen LogP contribution in [0.4, 0.5) is 4.79 Å². The van der Waals surface area contributed by atoms with E-state index in [1.807, 2.05) is 41.5 Å². The Morgan fingerprint density at radius 1 is 0.920 bits per heavy atom. The van der Waals surface area contributed by atoms with E-state index in [-0.39, 0.29) is 29.7 Å². The highest BCUT2D eigenvalue weighted by molar-refractivity contribution is 8.13. The van der Waals surface area contributed by atoms with Crippen molar-refractivity contribution < 1.29 is 28.5 Å². The summed E-state index contributed by atoms with van der Waals surface area (Å²) in [5, 5.41) is 0.0503. The minimum Gasteiger partial charge on any atom is -0.343 e. The summed E-state index contributed by atoms with van der Waals surface area (Å²) >= 11 is 1.25. The first-order chi connectivity index (χ1) is 11.7. The molecule has 0 aromatic rings. The molecule has 25 heavy (non-hydrogen) atoms. The number of ether oxygens (including phenoxy) is 5. The van der Waals surface area contributed by atoms with E-state index in [2.05, 4.69) is 0 Å². The summed E-state index contributed by atoms with van der Waals surface area (Å²) < 4.78 is 30.1. The fourth-order valence-electron chi connectivity index (χ4n) is 3.55. The van der Waals surface area contributed by atoms with Gasteiger partial charge < -0.3 is 28.6 Å². The lowest BCUT2D eigenvalue weighted by atomic mass is 10.00. The standard InChI is InChI=1S/C17H29NO6S/c1-7-18(8-2)15(19)25-9-10-11-12(22-16(3,4)21-11)13-14(20-10)24-17(5,6)23-13/h10-14H,7-9H2,1-6H3/t10-,11+,12+,13-,14-/m1/s1. The largest absolute Gasteiger partial charge is 0.343 e. The van der Waals surface area contributed by atoms with Crippen molar-refractivity contribution in [3.63, 3.8) is 0 Å². The highest BCUT2D eigenvalue weighted by Gasteiger charge is 2.60. The fourth-order valence-corrected chi connectivity index (χ4v) is 4.57. The zero-order valence-electron chi connectivity index (χ0n) is 15.8. The van der Waals surface area contributed by atoms with Crippen LogP contribution >= 0.6 is 11.8 Å². The monoisotopic (exact) mass is 375 g/mol. The summed E-state index contributed by atoms with van der Waals surface area (Å²) in [6.07, 6.45) is -1.70. The van der Waals surface area contributed by atoms with Crippen molar-refractivity contribution in [2.75, 3.05) is 18.8 Å². The van der Waals surface area contributed by atoms with Gasteiger partial charge in [-0.25, -0.2) is 0 Å². The van der Waals surface area contributed by atoms with Crippen LogP contribution in [-0.2, 0) is 23.7 Å². The van der Waals surface area contributed by atoms with E-state index in [4.69, 9.17) is 23.7 Å². The number of carbonyl (C=O) groups is 1. The number of nitrogens with zero attached hydrogens (tertiary/aromatic N) is 1. The van der Waals surface area contributed by atoms with Gasteiger partial charge in [-0.2, -0.15) is 0 Å². The Morgan fingerprint density at radius 3 is 2.12 bits per heavy atom. The maximum absolute atomic E-state index is 12.3. The molecule has 0 aromatic heterocycles. The van der Waals surface area contributed by atoms with Crippen LogP contribution in [0.25, 0.3) is 0 Å². The van der Waals surface area contributed by atoms with Crippen LogP contribution in [0.2, 0.25) is 0 Å². The molecule has 8 heteroatoms. The molecule has 144 valence electrons. The number of amides is 1. The van der Waals surface area contributed by atoms with Crippen molar-refractivity contribution in [2.45, 2.75) is 83.8 Å². The van der Waals surface area contributed by atoms with Crippen LogP contribution in [-0.4, -0.2) is 71.3 Å². The first-order valence-corrected chi connectivity index (χ1v) is 9.93. The Morgan fingerprint density at radius 2 is 1.48 bits per heavy atom. The van der Waals surface area contributed by atoms with E-state index in [1.165, 1.54) is 11.8 Å². The van der Waals surface area contributed by atoms with E-state index < -0.39 is 17.9 Å². The number of hydrogen-bond acceptors (Lipinski definition) is 7. The smallest absolute Gasteiger partial charge is 0.281 e. The molecule has 1 amide bonds. The molecule has 0 aromatic carbocycles. The van der Waals surface area contributed by atoms with E-state index in [0.717, 1.165) is 0 Å². The van der Waals surface area contributed by atoms with Gasteiger partial charge in [0.05, 0.1) is 6.10 Å². The van der Waals surface area contributed by atoms with Gasteiger partial charge in [-0.15, -0.1) is 0 Å². The highest BCUT2D eigenvalue weighted by atomic mass is 32.2. The van der Waals surface area contributed by atoms with Crippen LogP contribution in [0.3, 0.4) is 0 Å². The lowest BCUT2D eigenvalue weighted by molar-refractivity contribution is -0.228. The minimum absolute atomic E-state index is 0.0503. The highest BCUT2D eigenvalue weighted by Crippen LogP contribution is 2.44. The van der Waals surface area contributed by atoms with E-state index in [9.17, 15) is 4.79 Å². The van der Waals surface area contributed by atoms with Gasteiger partial charge in [-0.1, -0.05) is 11.8 Å². The maximum atomic E-state index is 12.3. The van der Waals surface area contributed by atoms with Gasteiger partial charge in [0.15, 0.2) is 17.9 Å². The molecule has 3 saturated heterocycles. The van der Waals surface area contributed by atoms with E-state index in [0.29, 0.717) is 18.8 Å². The molecule has 3 fully saturated rings. The Labute approximate surface area is 153 Å². The zero-order chi connectivity index (χ0) is 18.4. The second-order valence-corrected chi connectivity index (χ2v) is 8.43. The first kappa shape index (κ1) is 19.4. The van der Waals surface area contributed by atoms with Crippen molar-refractivity contribution >= 4 is 17.0 Å². The summed E-state index contributed by atoms with van der Waals surface area (Å²) in [5.74, 6) is -0.951. The zero-order valence-corrected chi connectivity index (χ0v) is 16.6. The fraction of sp³-hybridized carbons (Fsp3) is 0.941. The molecule has 0 radical (unpaired) electrons. The Balaban J connectivity index is 1.70. The maximum Gasteiger partial charge on any atom is 0.281 e. The van der Waals surface area contributed by atoms with Crippen LogP contribution in [0, 0.1) is 0 Å². The normalized spacial score (nSPS) is 38.2. The average molecular weight is 375 g/mol. The van der Waals surface area contributed by atoms with Crippen LogP contribution < -0.4 is 0 Å². The molecule has 3 aliphatic heterocycles. The predicted octanol–water partition coefficient (Wildman–Crippen LogP) is 2.58. The summed E-state index contributed by atoms with van der Waals surface area (Å²) in [4.78, 5) is 14.1. The molecule has 3 rings (SSSR count). The lowest BCUT2D eigenvalue weighted by Crippen LogP contribution is -2.55. The van der Waals surface area contributed by atoms with Crippen molar-refractivity contribution in [1.29, 1.82) is 0 Å². The molecule has 0 N–H and O–H groups in total. The molecular formula is C17H29NO6S. The number of hydrogen-bond donors (Lipinski definition) is 0. The minimum atomic E-state index is -0.727. The van der Waals surface area contributed by atoms with Gasteiger partial charge in [0.1, 0.15) is 18.3 Å². The van der Waals surface area contributed by atoms with E-state index >= 15 is 0 Å². The summed E-state index contributed by atoms with van der Waals surface area (Å²) in [7, 11) is 0. The quantitative estimate of drug-likeness (QED) is 0.748. The van der Waals surface area contributed by atoms with Crippen LogP contribution in [0.5, 0.6) is 0 Å². The van der Waals surface area contributed by atoms with Gasteiger partial charge >= 0.3 is 0 Å². The molecule has 5 atom stereocenters. The Kier molecular flexibility index (Phi) is 5.41. The van der Waals surface area contributed by atoms with Gasteiger partial charge in [0.2, 0.25) is 0 Å². The van der Waals surface area contributed by atoms with Crippen LogP contribution in [0.15, 0.2) is 0 Å². The number of rotatable bonds is 4. The molecule has 3 heterocycles. The average Bonchev–Trinajstić information content (AvgIpc) is 3.00. The summed E-state index contributed by atoms with van der Waals surface area (Å²) in [5.41, 5.74) is 0. The van der Waals surface area contributed by atoms with Gasteiger partial charge in [-0.3, -0.25) is 4.79 Å². The topological polar surface area (TPSA) is 66.5 Å². The first-order valence-electron chi connectivity index (χ1n) is 8.94. The predicted molar refractivity (Wildman–Crippen MR) is 93.3 cm³/mol. The summed E-state index contributed by atoms with van der Waals surface area (Å²) in [6.45, 7) is 12.8. The third-order valence-electron chi connectivity index (χ3n) is 4.64. The Hall–Kier alpha value is -0.380. The number of carbonyl (C=O) groups excluding carboxylic acids is 1. The van der Waals surface area contributed by atoms with Crippen molar-refractivity contribution in [2.24, 2.45) is 0 Å². The molecular weight excluding hydrogens is 346 g/mol. The van der Waals surface area contributed by atoms with Crippen LogP contribution in [0.1, 0.15) is 41.5 Å². The Bertz CT molecular complexity index is 509. The number of fused-ring (bicyclic) bond motifs is 3. The second kappa shape index (κ2) is 6.98. The van der Waals surface area contributed by atoms with Crippen molar-refractivity contribution in [1.82, 2.24) is 4.90 Å². The summed E-state index contributed by atoms with van der Waals surface area (Å²) in [6, 6.07) is 0. The van der Waals surface area contributed by atoms with Crippen molar-refractivity contribution in [3.05, 3.63) is 0 Å². The molecule has 3 aliphatic rings. The lowest BCUT2D eigenvalue weighted by Gasteiger charge is -2.37.